The summed E-state index contributed by atoms with van der Waals surface area (Å²) in [5.41, 5.74) is 0. The van der Waals surface area contributed by atoms with E-state index in [1.807, 2.05) is 13.8 Å². The zero-order valence-electron chi connectivity index (χ0n) is 14.5. The van der Waals surface area contributed by atoms with Crippen molar-refractivity contribution in [3.63, 3.8) is 0 Å². The lowest BCUT2D eigenvalue weighted by Gasteiger charge is -2.53. The van der Waals surface area contributed by atoms with E-state index in [1.165, 1.54) is 32.1 Å². The normalized spacial score (nSPS) is 35.8. The van der Waals surface area contributed by atoms with E-state index in [4.69, 9.17) is 9.47 Å². The lowest BCUT2D eigenvalue weighted by Crippen LogP contribution is -2.50. The molecule has 4 heteroatoms. The van der Waals surface area contributed by atoms with Crippen LogP contribution in [0.4, 0.5) is 0 Å². The highest BCUT2D eigenvalue weighted by Gasteiger charge is 2.49. The van der Waals surface area contributed by atoms with Gasteiger partial charge in [-0.2, -0.15) is 0 Å². The van der Waals surface area contributed by atoms with E-state index in [2.05, 4.69) is 0 Å². The van der Waals surface area contributed by atoms with Gasteiger partial charge in [-0.25, -0.2) is 0 Å². The molecule has 4 saturated carbocycles. The molecule has 0 heterocycles. The van der Waals surface area contributed by atoms with E-state index in [-0.39, 0.29) is 24.0 Å². The molecule has 0 amide bonds. The van der Waals surface area contributed by atoms with Crippen molar-refractivity contribution in [2.24, 2.45) is 29.6 Å². The molecule has 0 aromatic rings. The Bertz CT molecular complexity index is 417. The number of hydrogen-bond donors (Lipinski definition) is 0. The van der Waals surface area contributed by atoms with Crippen LogP contribution in [0.5, 0.6) is 0 Å². The molecule has 130 valence electrons. The zero-order chi connectivity index (χ0) is 16.4. The molecule has 0 N–H and O–H groups in total. The van der Waals surface area contributed by atoms with Crippen LogP contribution >= 0.6 is 0 Å². The SMILES string of the molecule is CCC(C)C(=O)OCCCC(=O)OC1C2CC3CC(C2)CC1C3. The second-order valence-electron chi connectivity index (χ2n) is 7.97. The number of rotatable bonds is 7. The lowest BCUT2D eigenvalue weighted by molar-refractivity contribution is -0.171. The third-order valence-electron chi connectivity index (χ3n) is 6.19. The van der Waals surface area contributed by atoms with Gasteiger partial charge in [0, 0.05) is 6.42 Å². The number of esters is 2. The molecular weight excluding hydrogens is 292 g/mol. The molecule has 0 saturated heterocycles. The molecule has 0 radical (unpaired) electrons. The minimum absolute atomic E-state index is 0.0602. The Hall–Kier alpha value is -1.06. The summed E-state index contributed by atoms with van der Waals surface area (Å²) in [5, 5.41) is 0. The predicted molar refractivity (Wildman–Crippen MR) is 86.6 cm³/mol. The molecule has 0 aromatic carbocycles. The Balaban J connectivity index is 1.36. The van der Waals surface area contributed by atoms with Crippen LogP contribution in [-0.2, 0) is 19.1 Å². The highest BCUT2D eigenvalue weighted by Crippen LogP contribution is 2.54. The van der Waals surface area contributed by atoms with Crippen molar-refractivity contribution in [3.8, 4) is 0 Å². The average molecular weight is 322 g/mol. The molecule has 0 spiro atoms. The fourth-order valence-corrected chi connectivity index (χ4v) is 4.98. The van der Waals surface area contributed by atoms with E-state index < -0.39 is 0 Å². The minimum atomic E-state index is -0.165. The maximum absolute atomic E-state index is 12.1. The second kappa shape index (κ2) is 7.23. The Labute approximate surface area is 139 Å². The number of carbonyl (C=O) groups is 2. The summed E-state index contributed by atoms with van der Waals surface area (Å²) < 4.78 is 11.0. The number of ether oxygens (including phenoxy) is 2. The summed E-state index contributed by atoms with van der Waals surface area (Å²) in [6, 6.07) is 0. The van der Waals surface area contributed by atoms with Crippen LogP contribution in [-0.4, -0.2) is 24.6 Å². The summed E-state index contributed by atoms with van der Waals surface area (Å²) in [7, 11) is 0. The third-order valence-corrected chi connectivity index (χ3v) is 6.19. The molecule has 4 aliphatic carbocycles. The first kappa shape index (κ1) is 16.8. The van der Waals surface area contributed by atoms with Gasteiger partial charge in [0.05, 0.1) is 12.5 Å². The van der Waals surface area contributed by atoms with Crippen molar-refractivity contribution in [2.45, 2.75) is 71.3 Å². The first-order chi connectivity index (χ1) is 11.1. The topological polar surface area (TPSA) is 52.6 Å². The fourth-order valence-electron chi connectivity index (χ4n) is 4.98. The fraction of sp³-hybridized carbons (Fsp3) is 0.895. The van der Waals surface area contributed by atoms with Crippen molar-refractivity contribution in [2.75, 3.05) is 6.61 Å². The van der Waals surface area contributed by atoms with E-state index >= 15 is 0 Å². The van der Waals surface area contributed by atoms with E-state index in [1.54, 1.807) is 0 Å². The predicted octanol–water partition coefficient (Wildman–Crippen LogP) is 3.72. The molecule has 4 aliphatic rings. The van der Waals surface area contributed by atoms with Crippen molar-refractivity contribution < 1.29 is 19.1 Å². The summed E-state index contributed by atoms with van der Waals surface area (Å²) in [6.07, 6.45) is 8.33. The maximum atomic E-state index is 12.1. The maximum Gasteiger partial charge on any atom is 0.308 e. The van der Waals surface area contributed by atoms with Gasteiger partial charge in [-0.05, 0) is 68.6 Å². The van der Waals surface area contributed by atoms with Crippen LogP contribution in [0.15, 0.2) is 0 Å². The standard InChI is InChI=1S/C19H30O4/c1-3-12(2)19(21)22-6-4-5-17(20)23-18-15-8-13-7-14(10-15)11-16(18)9-13/h12-16,18H,3-11H2,1-2H3. The Morgan fingerprint density at radius 3 is 2.22 bits per heavy atom. The Morgan fingerprint density at radius 2 is 1.65 bits per heavy atom. The van der Waals surface area contributed by atoms with E-state index in [0.29, 0.717) is 31.3 Å². The van der Waals surface area contributed by atoms with Gasteiger partial charge < -0.3 is 9.47 Å². The molecule has 1 unspecified atom stereocenters. The van der Waals surface area contributed by atoms with Gasteiger partial charge in [-0.15, -0.1) is 0 Å². The second-order valence-corrected chi connectivity index (χ2v) is 7.97. The van der Waals surface area contributed by atoms with Gasteiger partial charge in [-0.1, -0.05) is 13.8 Å². The van der Waals surface area contributed by atoms with Crippen molar-refractivity contribution in [1.82, 2.24) is 0 Å². The molecule has 23 heavy (non-hydrogen) atoms. The van der Waals surface area contributed by atoms with Crippen molar-refractivity contribution in [3.05, 3.63) is 0 Å². The number of hydrogen-bond acceptors (Lipinski definition) is 4. The van der Waals surface area contributed by atoms with Crippen LogP contribution in [0.2, 0.25) is 0 Å². The summed E-state index contributed by atoms with van der Waals surface area (Å²) in [6.45, 7) is 4.15. The average Bonchev–Trinajstić information content (AvgIpc) is 2.53. The largest absolute Gasteiger partial charge is 0.465 e. The van der Waals surface area contributed by atoms with Crippen molar-refractivity contribution >= 4 is 11.9 Å². The molecule has 1 atom stereocenters. The quantitative estimate of drug-likeness (QED) is 0.529. The monoisotopic (exact) mass is 322 g/mol. The molecular formula is C19H30O4. The highest BCUT2D eigenvalue weighted by molar-refractivity contribution is 5.72. The molecule has 4 bridgehead atoms. The number of carbonyl (C=O) groups excluding carboxylic acids is 2. The Kier molecular flexibility index (Phi) is 5.27. The van der Waals surface area contributed by atoms with Gasteiger partial charge in [-0.3, -0.25) is 9.59 Å². The third kappa shape index (κ3) is 3.89. The van der Waals surface area contributed by atoms with Gasteiger partial charge >= 0.3 is 11.9 Å². The van der Waals surface area contributed by atoms with Crippen LogP contribution in [0.25, 0.3) is 0 Å². The van der Waals surface area contributed by atoms with Gasteiger partial charge in [0.25, 0.3) is 0 Å². The molecule has 0 aromatic heterocycles. The van der Waals surface area contributed by atoms with Crippen LogP contribution < -0.4 is 0 Å². The van der Waals surface area contributed by atoms with Crippen LogP contribution in [0.1, 0.15) is 65.2 Å². The van der Waals surface area contributed by atoms with Crippen LogP contribution in [0.3, 0.4) is 0 Å². The summed E-state index contributed by atoms with van der Waals surface area (Å²) in [5.74, 6) is 2.68. The Morgan fingerprint density at radius 1 is 1.04 bits per heavy atom. The first-order valence-corrected chi connectivity index (χ1v) is 9.42. The zero-order valence-corrected chi connectivity index (χ0v) is 14.5. The van der Waals surface area contributed by atoms with Gasteiger partial charge in [0.2, 0.25) is 0 Å². The smallest absolute Gasteiger partial charge is 0.308 e. The molecule has 4 rings (SSSR count). The molecule has 4 fully saturated rings. The van der Waals surface area contributed by atoms with E-state index in [9.17, 15) is 9.59 Å². The molecule has 0 aliphatic heterocycles. The van der Waals surface area contributed by atoms with Crippen molar-refractivity contribution in [1.29, 1.82) is 0 Å². The molecule has 4 nitrogen and oxygen atoms in total. The van der Waals surface area contributed by atoms with Gasteiger partial charge in [0.15, 0.2) is 0 Å². The highest BCUT2D eigenvalue weighted by atomic mass is 16.5. The lowest BCUT2D eigenvalue weighted by atomic mass is 9.55. The minimum Gasteiger partial charge on any atom is -0.465 e. The summed E-state index contributed by atoms with van der Waals surface area (Å²) in [4.78, 5) is 23.7. The van der Waals surface area contributed by atoms with Crippen LogP contribution in [0, 0.1) is 29.6 Å². The first-order valence-electron chi connectivity index (χ1n) is 9.42. The van der Waals surface area contributed by atoms with Gasteiger partial charge in [0.1, 0.15) is 6.10 Å². The van der Waals surface area contributed by atoms with E-state index in [0.717, 1.165) is 18.3 Å². The summed E-state index contributed by atoms with van der Waals surface area (Å²) >= 11 is 0.